The summed E-state index contributed by atoms with van der Waals surface area (Å²) in [5.41, 5.74) is 1.92. The number of nitro benzene ring substituents is 1. The van der Waals surface area contributed by atoms with Gasteiger partial charge in [-0.2, -0.15) is 0 Å². The van der Waals surface area contributed by atoms with E-state index in [0.717, 1.165) is 4.90 Å². The van der Waals surface area contributed by atoms with Crippen molar-refractivity contribution < 1.29 is 23.7 Å². The van der Waals surface area contributed by atoms with Crippen molar-refractivity contribution in [2.75, 3.05) is 0 Å². The molecule has 11 heteroatoms. The highest BCUT2D eigenvalue weighted by atomic mass is 35.5. The number of furan rings is 1. The van der Waals surface area contributed by atoms with Crippen LogP contribution in [0.5, 0.6) is 0 Å². The second-order valence-electron chi connectivity index (χ2n) is 7.34. The number of nitrogens with zero attached hydrogens (tertiary/aromatic N) is 3. The molecule has 0 bridgehead atoms. The van der Waals surface area contributed by atoms with Gasteiger partial charge in [0.2, 0.25) is 0 Å². The third-order valence-corrected chi connectivity index (χ3v) is 5.55. The second-order valence-corrected chi connectivity index (χ2v) is 7.75. The monoisotopic (exact) mass is 468 g/mol. The van der Waals surface area contributed by atoms with Crippen molar-refractivity contribution in [2.24, 2.45) is 0 Å². The van der Waals surface area contributed by atoms with E-state index < -0.39 is 22.8 Å². The molecule has 0 saturated carbocycles. The number of urea groups is 1. The Morgan fingerprint density at radius 2 is 1.94 bits per heavy atom. The fourth-order valence-electron chi connectivity index (χ4n) is 3.66. The summed E-state index contributed by atoms with van der Waals surface area (Å²) >= 11 is 5.92. The lowest BCUT2D eigenvalue weighted by Crippen LogP contribution is -2.53. The molecular formula is C22H17ClN4O6. The summed E-state index contributed by atoms with van der Waals surface area (Å²) < 4.78 is 6.94. The van der Waals surface area contributed by atoms with E-state index in [9.17, 15) is 24.5 Å². The molecule has 1 fully saturated rings. The van der Waals surface area contributed by atoms with Crippen molar-refractivity contribution in [1.29, 1.82) is 0 Å². The molecule has 3 heterocycles. The highest BCUT2D eigenvalue weighted by Gasteiger charge is 2.36. The fraction of sp³-hybridized carbons (Fsp3) is 0.136. The van der Waals surface area contributed by atoms with Gasteiger partial charge in [-0.1, -0.05) is 11.6 Å². The van der Waals surface area contributed by atoms with Gasteiger partial charge in [-0.25, -0.2) is 4.79 Å². The minimum atomic E-state index is -0.836. The Hall–Kier alpha value is -4.18. The number of amides is 4. The normalized spacial score (nSPS) is 15.3. The molecule has 10 nitrogen and oxygen atoms in total. The number of carbonyl (C=O) groups is 3. The summed E-state index contributed by atoms with van der Waals surface area (Å²) in [4.78, 5) is 49.2. The summed E-state index contributed by atoms with van der Waals surface area (Å²) in [5, 5.41) is 13.4. The van der Waals surface area contributed by atoms with Crippen LogP contribution in [0.4, 0.5) is 10.5 Å². The van der Waals surface area contributed by atoms with Gasteiger partial charge in [0.15, 0.2) is 0 Å². The Labute approximate surface area is 192 Å². The number of halogens is 1. The van der Waals surface area contributed by atoms with Crippen LogP contribution in [0.3, 0.4) is 0 Å². The molecule has 33 heavy (non-hydrogen) atoms. The minimum absolute atomic E-state index is 0.0133. The summed E-state index contributed by atoms with van der Waals surface area (Å²) in [5.74, 6) is -1.19. The highest BCUT2D eigenvalue weighted by molar-refractivity contribution is 6.32. The largest absolute Gasteiger partial charge is 0.467 e. The molecule has 1 N–H and O–H groups in total. The Morgan fingerprint density at radius 1 is 1.18 bits per heavy atom. The molecule has 0 spiro atoms. The van der Waals surface area contributed by atoms with E-state index in [-0.39, 0.29) is 22.8 Å². The van der Waals surface area contributed by atoms with Crippen LogP contribution in [0.15, 0.2) is 52.7 Å². The number of hydrogen-bond acceptors (Lipinski definition) is 6. The van der Waals surface area contributed by atoms with Crippen molar-refractivity contribution in [3.05, 3.63) is 86.1 Å². The first-order valence-corrected chi connectivity index (χ1v) is 10.1. The summed E-state index contributed by atoms with van der Waals surface area (Å²) in [6.07, 6.45) is 2.81. The van der Waals surface area contributed by atoms with Crippen molar-refractivity contribution in [2.45, 2.75) is 20.4 Å². The number of hydrogen-bond donors (Lipinski definition) is 1. The van der Waals surface area contributed by atoms with Crippen LogP contribution in [0.2, 0.25) is 5.02 Å². The van der Waals surface area contributed by atoms with E-state index in [1.165, 1.54) is 24.5 Å². The van der Waals surface area contributed by atoms with Crippen LogP contribution in [-0.4, -0.2) is 32.2 Å². The molecule has 1 saturated heterocycles. The Morgan fingerprint density at radius 3 is 2.61 bits per heavy atom. The molecule has 168 valence electrons. The molecule has 2 aromatic heterocycles. The molecule has 1 aliphatic rings. The van der Waals surface area contributed by atoms with Crippen molar-refractivity contribution in [3.8, 4) is 5.69 Å². The lowest BCUT2D eigenvalue weighted by molar-refractivity contribution is -0.384. The second kappa shape index (κ2) is 8.40. The van der Waals surface area contributed by atoms with Gasteiger partial charge in [-0.15, -0.1) is 0 Å². The smallest absolute Gasteiger partial charge is 0.331 e. The standard InChI is InChI=1S/C22H17ClN4O6/c1-12-8-14(13(2)26(12)15-5-6-18(23)19(10-15)27(31)32)9-17-20(28)24-22(30)25(21(17)29)11-16-4-3-7-33-16/h3-10H,11H2,1-2H3,(H,24,28,30)/b17-9-. The van der Waals surface area contributed by atoms with Crippen LogP contribution in [-0.2, 0) is 16.1 Å². The number of aromatic nitrogens is 1. The van der Waals surface area contributed by atoms with Gasteiger partial charge in [-0.3, -0.25) is 29.9 Å². The summed E-state index contributed by atoms with van der Waals surface area (Å²) in [6.45, 7) is 3.40. The van der Waals surface area contributed by atoms with Crippen LogP contribution in [0.1, 0.15) is 22.7 Å². The Kier molecular flexibility index (Phi) is 5.60. The predicted octanol–water partition coefficient (Wildman–Crippen LogP) is 3.91. The maximum Gasteiger partial charge on any atom is 0.331 e. The van der Waals surface area contributed by atoms with Crippen molar-refractivity contribution in [3.63, 3.8) is 0 Å². The Bertz CT molecular complexity index is 1340. The number of nitrogens with one attached hydrogen (secondary N) is 1. The topological polar surface area (TPSA) is 128 Å². The quantitative estimate of drug-likeness (QED) is 0.261. The van der Waals surface area contributed by atoms with E-state index >= 15 is 0 Å². The highest BCUT2D eigenvalue weighted by Crippen LogP contribution is 2.30. The Balaban J connectivity index is 1.73. The van der Waals surface area contributed by atoms with Crippen LogP contribution < -0.4 is 5.32 Å². The lowest BCUT2D eigenvalue weighted by atomic mass is 10.1. The molecule has 0 atom stereocenters. The zero-order valence-electron chi connectivity index (χ0n) is 17.5. The molecule has 3 aromatic rings. The number of benzene rings is 1. The predicted molar refractivity (Wildman–Crippen MR) is 118 cm³/mol. The molecular weight excluding hydrogens is 452 g/mol. The van der Waals surface area contributed by atoms with Crippen LogP contribution in [0.25, 0.3) is 11.8 Å². The zero-order valence-corrected chi connectivity index (χ0v) is 18.3. The van der Waals surface area contributed by atoms with Gasteiger partial charge in [-0.05, 0) is 55.8 Å². The van der Waals surface area contributed by atoms with Crippen LogP contribution >= 0.6 is 11.6 Å². The lowest BCUT2D eigenvalue weighted by Gasteiger charge is -2.25. The van der Waals surface area contributed by atoms with Crippen molar-refractivity contribution in [1.82, 2.24) is 14.8 Å². The molecule has 0 aliphatic carbocycles. The van der Waals surface area contributed by atoms with E-state index in [4.69, 9.17) is 16.0 Å². The fourth-order valence-corrected chi connectivity index (χ4v) is 3.85. The van der Waals surface area contributed by atoms with Crippen LogP contribution in [0, 0.1) is 24.0 Å². The van der Waals surface area contributed by atoms with Gasteiger partial charge >= 0.3 is 6.03 Å². The van der Waals surface area contributed by atoms with Gasteiger partial charge in [0.05, 0.1) is 23.4 Å². The molecule has 4 rings (SSSR count). The first-order valence-electron chi connectivity index (χ1n) is 9.72. The van der Waals surface area contributed by atoms with Gasteiger partial charge < -0.3 is 8.98 Å². The van der Waals surface area contributed by atoms with Gasteiger partial charge in [0, 0.05) is 17.5 Å². The van der Waals surface area contributed by atoms with E-state index in [1.807, 2.05) is 0 Å². The third-order valence-electron chi connectivity index (χ3n) is 5.23. The number of imide groups is 2. The molecule has 0 unspecified atom stereocenters. The maximum absolute atomic E-state index is 12.9. The summed E-state index contributed by atoms with van der Waals surface area (Å²) in [7, 11) is 0. The molecule has 0 radical (unpaired) electrons. The first kappa shape index (κ1) is 22.0. The number of barbiturate groups is 1. The molecule has 1 aromatic carbocycles. The first-order chi connectivity index (χ1) is 15.7. The van der Waals surface area contributed by atoms with E-state index in [1.54, 1.807) is 42.7 Å². The zero-order chi connectivity index (χ0) is 23.9. The van der Waals surface area contributed by atoms with Gasteiger partial charge in [0.25, 0.3) is 17.5 Å². The maximum atomic E-state index is 12.9. The average molecular weight is 469 g/mol. The van der Waals surface area contributed by atoms with Crippen molar-refractivity contribution >= 4 is 41.2 Å². The molecule has 4 amide bonds. The third kappa shape index (κ3) is 4.03. The molecule has 1 aliphatic heterocycles. The van der Waals surface area contributed by atoms with Gasteiger partial charge in [0.1, 0.15) is 16.4 Å². The number of nitro groups is 1. The van der Waals surface area contributed by atoms with E-state index in [2.05, 4.69) is 5.32 Å². The number of carbonyl (C=O) groups excluding carboxylic acids is 3. The summed E-state index contributed by atoms with van der Waals surface area (Å²) in [6, 6.07) is 8.55. The average Bonchev–Trinajstić information content (AvgIpc) is 3.36. The number of aryl methyl sites for hydroxylation is 1. The SMILES string of the molecule is Cc1cc(/C=C2/C(=O)NC(=O)N(Cc3ccco3)C2=O)c(C)n1-c1ccc(Cl)c([N+](=O)[O-])c1. The number of rotatable bonds is 5. The van der Waals surface area contributed by atoms with E-state index in [0.29, 0.717) is 28.4 Å². The minimum Gasteiger partial charge on any atom is -0.467 e.